The summed E-state index contributed by atoms with van der Waals surface area (Å²) in [5.74, 6) is -1.33. The lowest BCUT2D eigenvalue weighted by Gasteiger charge is -2.16. The van der Waals surface area contributed by atoms with Crippen molar-refractivity contribution in [3.63, 3.8) is 0 Å². The molecule has 0 spiro atoms. The van der Waals surface area contributed by atoms with Gasteiger partial charge in [0.2, 0.25) is 0 Å². The number of rotatable bonds is 8. The third kappa shape index (κ3) is 5.40. The monoisotopic (exact) mass is 395 g/mol. The Balaban J connectivity index is 1.87. The molecular formula is C18H19BrFNO3. The van der Waals surface area contributed by atoms with E-state index in [0.29, 0.717) is 25.1 Å². The summed E-state index contributed by atoms with van der Waals surface area (Å²) in [7, 11) is 0. The van der Waals surface area contributed by atoms with Crippen LogP contribution in [-0.4, -0.2) is 29.3 Å². The van der Waals surface area contributed by atoms with Crippen molar-refractivity contribution in [2.24, 2.45) is 5.92 Å². The summed E-state index contributed by atoms with van der Waals surface area (Å²) in [6, 6.07) is 11.4. The van der Waals surface area contributed by atoms with Crippen molar-refractivity contribution in [2.45, 2.75) is 13.0 Å². The SMILES string of the molecule is O=C(O)c1ccc(CNCC(CO)Cc2cc(Br)ccc2F)cc1. The lowest BCUT2D eigenvalue weighted by atomic mass is 9.99. The Hall–Kier alpha value is -1.76. The first kappa shape index (κ1) is 18.6. The van der Waals surface area contributed by atoms with E-state index in [9.17, 15) is 14.3 Å². The second kappa shape index (κ2) is 8.92. The molecule has 2 rings (SSSR count). The third-order valence-electron chi connectivity index (χ3n) is 3.74. The zero-order valence-corrected chi connectivity index (χ0v) is 14.6. The number of hydrogen-bond donors (Lipinski definition) is 3. The van der Waals surface area contributed by atoms with Crippen LogP contribution in [-0.2, 0) is 13.0 Å². The highest BCUT2D eigenvalue weighted by Gasteiger charge is 2.12. The van der Waals surface area contributed by atoms with Crippen LogP contribution < -0.4 is 5.32 Å². The lowest BCUT2D eigenvalue weighted by molar-refractivity contribution is 0.0697. The molecule has 0 aliphatic heterocycles. The van der Waals surface area contributed by atoms with Crippen LogP contribution >= 0.6 is 15.9 Å². The van der Waals surface area contributed by atoms with Crippen LogP contribution in [0.25, 0.3) is 0 Å². The van der Waals surface area contributed by atoms with Crippen molar-refractivity contribution in [1.82, 2.24) is 5.32 Å². The van der Waals surface area contributed by atoms with Crippen molar-refractivity contribution in [3.8, 4) is 0 Å². The maximum atomic E-state index is 13.8. The van der Waals surface area contributed by atoms with E-state index in [2.05, 4.69) is 21.2 Å². The molecule has 0 saturated heterocycles. The molecule has 0 radical (unpaired) electrons. The molecule has 0 aliphatic rings. The molecule has 24 heavy (non-hydrogen) atoms. The van der Waals surface area contributed by atoms with Gasteiger partial charge in [0, 0.05) is 24.2 Å². The van der Waals surface area contributed by atoms with E-state index in [0.717, 1.165) is 10.0 Å². The first-order chi connectivity index (χ1) is 11.5. The Morgan fingerprint density at radius 2 is 1.92 bits per heavy atom. The van der Waals surface area contributed by atoms with E-state index in [-0.39, 0.29) is 23.9 Å². The molecule has 0 saturated carbocycles. The van der Waals surface area contributed by atoms with Crippen LogP contribution in [0, 0.1) is 11.7 Å². The minimum absolute atomic E-state index is 0.0447. The van der Waals surface area contributed by atoms with Gasteiger partial charge in [-0.25, -0.2) is 9.18 Å². The fraction of sp³-hybridized carbons (Fsp3) is 0.278. The van der Waals surface area contributed by atoms with Gasteiger partial charge in [-0.2, -0.15) is 0 Å². The quantitative estimate of drug-likeness (QED) is 0.641. The van der Waals surface area contributed by atoms with E-state index in [1.54, 1.807) is 36.4 Å². The van der Waals surface area contributed by atoms with Crippen LogP contribution in [0.15, 0.2) is 46.9 Å². The van der Waals surface area contributed by atoms with Gasteiger partial charge >= 0.3 is 5.97 Å². The minimum Gasteiger partial charge on any atom is -0.478 e. The highest BCUT2D eigenvalue weighted by Crippen LogP contribution is 2.18. The van der Waals surface area contributed by atoms with Crippen molar-refractivity contribution >= 4 is 21.9 Å². The van der Waals surface area contributed by atoms with E-state index < -0.39 is 5.97 Å². The zero-order chi connectivity index (χ0) is 17.5. The highest BCUT2D eigenvalue weighted by atomic mass is 79.9. The number of nitrogens with one attached hydrogen (secondary N) is 1. The molecule has 2 aromatic rings. The largest absolute Gasteiger partial charge is 0.478 e. The van der Waals surface area contributed by atoms with Gasteiger partial charge in [-0.15, -0.1) is 0 Å². The molecular weight excluding hydrogens is 377 g/mol. The van der Waals surface area contributed by atoms with Crippen LogP contribution in [0.1, 0.15) is 21.5 Å². The standard InChI is InChI=1S/C18H19BrFNO3/c19-16-5-6-17(20)15(8-16)7-13(11-22)10-21-9-12-1-3-14(4-2-12)18(23)24/h1-6,8,13,21-22H,7,9-11H2,(H,23,24). The van der Waals surface area contributed by atoms with Crippen LogP contribution in [0.4, 0.5) is 4.39 Å². The molecule has 0 aliphatic carbocycles. The summed E-state index contributed by atoms with van der Waals surface area (Å²) in [6.07, 6.45) is 0.437. The van der Waals surface area contributed by atoms with Gasteiger partial charge < -0.3 is 15.5 Å². The Morgan fingerprint density at radius 3 is 2.54 bits per heavy atom. The van der Waals surface area contributed by atoms with Gasteiger partial charge in [-0.1, -0.05) is 28.1 Å². The van der Waals surface area contributed by atoms with Crippen LogP contribution in [0.2, 0.25) is 0 Å². The third-order valence-corrected chi connectivity index (χ3v) is 4.23. The fourth-order valence-electron chi connectivity index (χ4n) is 2.40. The summed E-state index contributed by atoms with van der Waals surface area (Å²) in [4.78, 5) is 10.8. The summed E-state index contributed by atoms with van der Waals surface area (Å²) in [6.45, 7) is 1.04. The van der Waals surface area contributed by atoms with Gasteiger partial charge in [0.1, 0.15) is 5.82 Å². The molecule has 128 valence electrons. The number of carboxylic acid groups (broad SMARTS) is 1. The van der Waals surface area contributed by atoms with Crippen LogP contribution in [0.3, 0.4) is 0 Å². The normalized spacial score (nSPS) is 12.1. The number of carboxylic acids is 1. The van der Waals surface area contributed by atoms with Crippen molar-refractivity contribution < 1.29 is 19.4 Å². The van der Waals surface area contributed by atoms with E-state index in [1.807, 2.05) is 0 Å². The van der Waals surface area contributed by atoms with Crippen molar-refractivity contribution in [3.05, 3.63) is 69.4 Å². The summed E-state index contributed by atoms with van der Waals surface area (Å²) in [5, 5.41) is 21.6. The molecule has 2 aromatic carbocycles. The number of aromatic carboxylic acids is 1. The molecule has 0 fully saturated rings. The first-order valence-corrected chi connectivity index (χ1v) is 8.36. The predicted molar refractivity (Wildman–Crippen MR) is 93.5 cm³/mol. The summed E-state index contributed by atoms with van der Waals surface area (Å²) < 4.78 is 14.6. The Labute approximate surface area is 148 Å². The van der Waals surface area contributed by atoms with Gasteiger partial charge in [0.05, 0.1) is 5.56 Å². The number of carbonyl (C=O) groups is 1. The highest BCUT2D eigenvalue weighted by molar-refractivity contribution is 9.10. The second-order valence-electron chi connectivity index (χ2n) is 5.62. The van der Waals surface area contributed by atoms with E-state index in [4.69, 9.17) is 5.11 Å². The molecule has 1 unspecified atom stereocenters. The molecule has 3 N–H and O–H groups in total. The molecule has 0 bridgehead atoms. The fourth-order valence-corrected chi connectivity index (χ4v) is 2.81. The number of aliphatic hydroxyl groups is 1. The van der Waals surface area contributed by atoms with Gasteiger partial charge in [0.25, 0.3) is 0 Å². The van der Waals surface area contributed by atoms with Crippen LogP contribution in [0.5, 0.6) is 0 Å². The Morgan fingerprint density at radius 1 is 1.21 bits per heavy atom. The number of halogens is 2. The Bertz CT molecular complexity index is 691. The average Bonchev–Trinajstić information content (AvgIpc) is 2.57. The maximum Gasteiger partial charge on any atom is 0.335 e. The van der Waals surface area contributed by atoms with E-state index in [1.165, 1.54) is 6.07 Å². The van der Waals surface area contributed by atoms with E-state index >= 15 is 0 Å². The molecule has 4 nitrogen and oxygen atoms in total. The molecule has 1 atom stereocenters. The topological polar surface area (TPSA) is 69.6 Å². The van der Waals surface area contributed by atoms with Gasteiger partial charge in [0.15, 0.2) is 0 Å². The molecule has 0 aromatic heterocycles. The van der Waals surface area contributed by atoms with Crippen molar-refractivity contribution in [1.29, 1.82) is 0 Å². The number of hydrogen-bond acceptors (Lipinski definition) is 3. The molecule has 6 heteroatoms. The average molecular weight is 396 g/mol. The second-order valence-corrected chi connectivity index (χ2v) is 6.54. The predicted octanol–water partition coefficient (Wildman–Crippen LogP) is 3.23. The molecule has 0 heterocycles. The zero-order valence-electron chi connectivity index (χ0n) is 13.0. The van der Waals surface area contributed by atoms with Crippen molar-refractivity contribution in [2.75, 3.05) is 13.2 Å². The van der Waals surface area contributed by atoms with Gasteiger partial charge in [-0.3, -0.25) is 0 Å². The lowest BCUT2D eigenvalue weighted by Crippen LogP contribution is -2.26. The summed E-state index contributed by atoms with van der Waals surface area (Å²) in [5.41, 5.74) is 1.76. The molecule has 0 amide bonds. The number of benzene rings is 2. The first-order valence-electron chi connectivity index (χ1n) is 7.57. The minimum atomic E-state index is -0.953. The smallest absolute Gasteiger partial charge is 0.335 e. The van der Waals surface area contributed by atoms with Gasteiger partial charge in [-0.05, 0) is 53.8 Å². The Kier molecular flexibility index (Phi) is 6.90. The maximum absolute atomic E-state index is 13.8. The number of aliphatic hydroxyl groups excluding tert-OH is 1. The summed E-state index contributed by atoms with van der Waals surface area (Å²) >= 11 is 3.32.